The molecule has 0 fully saturated rings. The SMILES string of the molecule is S=C1CCCc2cc(OCc3ccc(Cl)cc3)ccc2N1. The van der Waals surface area contributed by atoms with Gasteiger partial charge in [-0.05, 0) is 60.7 Å². The average Bonchev–Trinajstić information content (AvgIpc) is 2.67. The van der Waals surface area contributed by atoms with Gasteiger partial charge in [-0.15, -0.1) is 0 Å². The van der Waals surface area contributed by atoms with Gasteiger partial charge in [-0.2, -0.15) is 0 Å². The van der Waals surface area contributed by atoms with Crippen LogP contribution in [0.25, 0.3) is 0 Å². The fraction of sp³-hybridized carbons (Fsp3) is 0.235. The molecule has 21 heavy (non-hydrogen) atoms. The van der Waals surface area contributed by atoms with Crippen molar-refractivity contribution in [1.82, 2.24) is 0 Å². The molecule has 1 aliphatic heterocycles. The zero-order valence-corrected chi connectivity index (χ0v) is 13.1. The van der Waals surface area contributed by atoms with Gasteiger partial charge in [0.1, 0.15) is 12.4 Å². The maximum atomic E-state index is 5.88. The van der Waals surface area contributed by atoms with Crippen LogP contribution in [0.5, 0.6) is 5.75 Å². The molecule has 0 aliphatic carbocycles. The third-order valence-electron chi connectivity index (χ3n) is 3.52. The molecular weight excluding hydrogens is 302 g/mol. The lowest BCUT2D eigenvalue weighted by Gasteiger charge is -2.11. The average molecular weight is 318 g/mol. The summed E-state index contributed by atoms with van der Waals surface area (Å²) < 4.78 is 5.86. The highest BCUT2D eigenvalue weighted by atomic mass is 35.5. The number of anilines is 1. The first kappa shape index (κ1) is 14.4. The van der Waals surface area contributed by atoms with E-state index in [-0.39, 0.29) is 0 Å². The van der Waals surface area contributed by atoms with Crippen LogP contribution >= 0.6 is 23.8 Å². The zero-order chi connectivity index (χ0) is 14.7. The van der Waals surface area contributed by atoms with Crippen molar-refractivity contribution in [3.05, 3.63) is 58.6 Å². The number of halogens is 1. The fourth-order valence-corrected chi connectivity index (χ4v) is 2.77. The first-order chi connectivity index (χ1) is 10.2. The molecule has 0 aromatic heterocycles. The van der Waals surface area contributed by atoms with Crippen molar-refractivity contribution >= 4 is 34.5 Å². The Morgan fingerprint density at radius 1 is 1.10 bits per heavy atom. The quantitative estimate of drug-likeness (QED) is 0.805. The van der Waals surface area contributed by atoms with Gasteiger partial charge >= 0.3 is 0 Å². The summed E-state index contributed by atoms with van der Waals surface area (Å²) in [5.41, 5.74) is 3.48. The largest absolute Gasteiger partial charge is 0.489 e. The third-order valence-corrected chi connectivity index (χ3v) is 4.08. The molecule has 4 heteroatoms. The summed E-state index contributed by atoms with van der Waals surface area (Å²) in [7, 11) is 0. The molecular formula is C17H16ClNOS. The minimum absolute atomic E-state index is 0.543. The molecule has 1 heterocycles. The number of benzene rings is 2. The van der Waals surface area contributed by atoms with Crippen molar-refractivity contribution in [3.8, 4) is 5.75 Å². The molecule has 0 amide bonds. The second-order valence-corrected chi connectivity index (χ2v) is 6.07. The standard InChI is InChI=1S/C17H16ClNOS/c18-14-6-4-12(5-7-14)11-20-15-8-9-16-13(10-15)2-1-3-17(21)19-16/h4-10H,1-3,11H2,(H,19,21). The minimum atomic E-state index is 0.543. The Kier molecular flexibility index (Phi) is 4.42. The lowest BCUT2D eigenvalue weighted by molar-refractivity contribution is 0.306. The van der Waals surface area contributed by atoms with Gasteiger partial charge in [0.05, 0.1) is 4.99 Å². The number of thiocarbonyl (C=S) groups is 1. The number of fused-ring (bicyclic) bond motifs is 1. The summed E-state index contributed by atoms with van der Waals surface area (Å²) in [5, 5.41) is 4.03. The van der Waals surface area contributed by atoms with Crippen molar-refractivity contribution in [2.45, 2.75) is 25.9 Å². The maximum absolute atomic E-state index is 5.88. The van der Waals surface area contributed by atoms with Gasteiger partial charge in [-0.25, -0.2) is 0 Å². The Hall–Kier alpha value is -1.58. The van der Waals surface area contributed by atoms with Crippen LogP contribution in [0.4, 0.5) is 5.69 Å². The van der Waals surface area contributed by atoms with Gasteiger partial charge in [0.15, 0.2) is 0 Å². The molecule has 0 radical (unpaired) electrons. The van der Waals surface area contributed by atoms with Crippen LogP contribution in [0.1, 0.15) is 24.0 Å². The second kappa shape index (κ2) is 6.46. The highest BCUT2D eigenvalue weighted by Gasteiger charge is 2.11. The molecule has 2 aromatic carbocycles. The van der Waals surface area contributed by atoms with Crippen molar-refractivity contribution in [3.63, 3.8) is 0 Å². The Balaban J connectivity index is 1.70. The maximum Gasteiger partial charge on any atom is 0.120 e. The van der Waals surface area contributed by atoms with Crippen molar-refractivity contribution in [2.24, 2.45) is 0 Å². The first-order valence-corrected chi connectivity index (χ1v) is 7.79. The summed E-state index contributed by atoms with van der Waals surface area (Å²) in [4.78, 5) is 0.920. The molecule has 0 unspecified atom stereocenters. The normalized spacial score (nSPS) is 14.0. The van der Waals surface area contributed by atoms with E-state index in [1.165, 1.54) is 5.56 Å². The van der Waals surface area contributed by atoms with Gasteiger partial charge < -0.3 is 10.1 Å². The van der Waals surface area contributed by atoms with Crippen LogP contribution in [0.3, 0.4) is 0 Å². The van der Waals surface area contributed by atoms with E-state index in [9.17, 15) is 0 Å². The fourth-order valence-electron chi connectivity index (χ4n) is 2.39. The van der Waals surface area contributed by atoms with E-state index in [0.717, 1.165) is 46.3 Å². The number of ether oxygens (including phenoxy) is 1. The number of nitrogens with one attached hydrogen (secondary N) is 1. The summed E-state index contributed by atoms with van der Waals surface area (Å²) in [5.74, 6) is 0.887. The lowest BCUT2D eigenvalue weighted by atomic mass is 10.1. The van der Waals surface area contributed by atoms with E-state index in [1.54, 1.807) is 0 Å². The number of rotatable bonds is 3. The molecule has 0 atom stereocenters. The van der Waals surface area contributed by atoms with Crippen LogP contribution < -0.4 is 10.1 Å². The highest BCUT2D eigenvalue weighted by Crippen LogP contribution is 2.27. The molecule has 3 rings (SSSR count). The van der Waals surface area contributed by atoms with E-state index in [2.05, 4.69) is 11.4 Å². The monoisotopic (exact) mass is 317 g/mol. The van der Waals surface area contributed by atoms with Crippen molar-refractivity contribution in [2.75, 3.05) is 5.32 Å². The molecule has 0 spiro atoms. The molecule has 2 aromatic rings. The summed E-state index contributed by atoms with van der Waals surface area (Å²) in [6, 6.07) is 13.8. The highest BCUT2D eigenvalue weighted by molar-refractivity contribution is 7.80. The molecule has 108 valence electrons. The third kappa shape index (κ3) is 3.74. The topological polar surface area (TPSA) is 21.3 Å². The first-order valence-electron chi connectivity index (χ1n) is 7.01. The predicted octanol–water partition coefficient (Wildman–Crippen LogP) is 4.99. The van der Waals surface area contributed by atoms with Gasteiger partial charge in [0.25, 0.3) is 0 Å². The second-order valence-electron chi connectivity index (χ2n) is 5.14. The lowest BCUT2D eigenvalue weighted by Crippen LogP contribution is -2.06. The van der Waals surface area contributed by atoms with Gasteiger partial charge in [0, 0.05) is 10.7 Å². The van der Waals surface area contributed by atoms with Crippen LogP contribution in [-0.2, 0) is 13.0 Å². The van der Waals surface area contributed by atoms with E-state index in [0.29, 0.717) is 6.61 Å². The van der Waals surface area contributed by atoms with Crippen LogP contribution in [0, 0.1) is 0 Å². The van der Waals surface area contributed by atoms with E-state index >= 15 is 0 Å². The molecule has 0 saturated heterocycles. The van der Waals surface area contributed by atoms with Gasteiger partial charge in [0.2, 0.25) is 0 Å². The summed E-state index contributed by atoms with van der Waals surface area (Å²) in [6.45, 7) is 0.543. The van der Waals surface area contributed by atoms with Gasteiger partial charge in [-0.3, -0.25) is 0 Å². The molecule has 1 aliphatic rings. The summed E-state index contributed by atoms with van der Waals surface area (Å²) in [6.07, 6.45) is 3.06. The minimum Gasteiger partial charge on any atom is -0.489 e. The molecule has 0 saturated carbocycles. The molecule has 0 bridgehead atoms. The van der Waals surface area contributed by atoms with Crippen LogP contribution in [0.15, 0.2) is 42.5 Å². The number of aryl methyl sites for hydroxylation is 1. The smallest absolute Gasteiger partial charge is 0.120 e. The zero-order valence-electron chi connectivity index (χ0n) is 11.6. The number of hydrogen-bond acceptors (Lipinski definition) is 2. The van der Waals surface area contributed by atoms with E-state index in [1.807, 2.05) is 36.4 Å². The van der Waals surface area contributed by atoms with E-state index < -0.39 is 0 Å². The molecule has 1 N–H and O–H groups in total. The van der Waals surface area contributed by atoms with Crippen LogP contribution in [0.2, 0.25) is 5.02 Å². The van der Waals surface area contributed by atoms with Gasteiger partial charge in [-0.1, -0.05) is 36.0 Å². The van der Waals surface area contributed by atoms with Crippen LogP contribution in [-0.4, -0.2) is 4.99 Å². The Bertz CT molecular complexity index is 654. The Morgan fingerprint density at radius 2 is 1.90 bits per heavy atom. The van der Waals surface area contributed by atoms with E-state index in [4.69, 9.17) is 28.6 Å². The number of hydrogen-bond donors (Lipinski definition) is 1. The Morgan fingerprint density at radius 3 is 2.71 bits per heavy atom. The van der Waals surface area contributed by atoms with Crippen molar-refractivity contribution in [1.29, 1.82) is 0 Å². The molecule has 2 nitrogen and oxygen atoms in total. The summed E-state index contributed by atoms with van der Waals surface area (Å²) >= 11 is 11.2. The predicted molar refractivity (Wildman–Crippen MR) is 91.4 cm³/mol. The Labute approximate surface area is 135 Å². The van der Waals surface area contributed by atoms with Crippen molar-refractivity contribution < 1.29 is 4.74 Å².